The molecule has 2 aliphatic rings. The molecule has 0 spiro atoms. The van der Waals surface area contributed by atoms with Crippen LogP contribution in [0, 0.1) is 6.92 Å². The van der Waals surface area contributed by atoms with Crippen LogP contribution >= 0.6 is 0 Å². The molecular formula is C28H25NO5. The van der Waals surface area contributed by atoms with E-state index in [0.717, 1.165) is 16.9 Å². The molecule has 172 valence electrons. The lowest BCUT2D eigenvalue weighted by molar-refractivity contribution is -0.132. The first kappa shape index (κ1) is 21.8. The number of Topliss-reactive ketones (excluding diaryl/α,β-unsaturated/α-hetero) is 1. The fraction of sp³-hybridized carbons (Fsp3) is 0.214. The second-order valence-corrected chi connectivity index (χ2v) is 8.74. The van der Waals surface area contributed by atoms with Crippen molar-refractivity contribution in [2.24, 2.45) is 0 Å². The van der Waals surface area contributed by atoms with Crippen LogP contribution in [-0.4, -0.2) is 30.0 Å². The SMILES string of the molecule is COc1cccc(C2/C(=C(/O)c3ccc4c(c3)CC(C)O4)C(=O)C(=O)N2c2cccc(C)c2)c1. The fourth-order valence-corrected chi connectivity index (χ4v) is 4.73. The average molecular weight is 456 g/mol. The van der Waals surface area contributed by atoms with Crippen molar-refractivity contribution >= 4 is 23.1 Å². The summed E-state index contributed by atoms with van der Waals surface area (Å²) in [6.07, 6.45) is 0.768. The third-order valence-electron chi connectivity index (χ3n) is 6.30. The molecule has 2 aliphatic heterocycles. The Bertz CT molecular complexity index is 1340. The zero-order valence-electron chi connectivity index (χ0n) is 19.2. The van der Waals surface area contributed by atoms with E-state index in [1.807, 2.05) is 44.2 Å². The first-order chi connectivity index (χ1) is 16.4. The molecule has 1 saturated heterocycles. The number of hydrogen-bond donors (Lipinski definition) is 1. The maximum atomic E-state index is 13.3. The highest BCUT2D eigenvalue weighted by atomic mass is 16.5. The van der Waals surface area contributed by atoms with E-state index >= 15 is 0 Å². The normalized spacial score (nSPS) is 20.9. The molecule has 0 bridgehead atoms. The van der Waals surface area contributed by atoms with Gasteiger partial charge in [0, 0.05) is 17.7 Å². The van der Waals surface area contributed by atoms with E-state index in [-0.39, 0.29) is 17.4 Å². The molecule has 34 heavy (non-hydrogen) atoms. The van der Waals surface area contributed by atoms with Crippen molar-refractivity contribution in [2.45, 2.75) is 32.4 Å². The Morgan fingerprint density at radius 3 is 2.62 bits per heavy atom. The van der Waals surface area contributed by atoms with Gasteiger partial charge in [0.25, 0.3) is 11.7 Å². The standard InChI is InChI=1S/C28H25NO5/c1-16-6-4-8-21(12-16)29-25(18-7-5-9-22(15-18)33-3)24(27(31)28(29)32)26(30)19-10-11-23-20(14-19)13-17(2)34-23/h4-12,14-15,17,25,30H,13H2,1-3H3/b26-24-. The number of nitrogens with zero attached hydrogens (tertiary/aromatic N) is 1. The number of hydrogen-bond acceptors (Lipinski definition) is 5. The van der Waals surface area contributed by atoms with Crippen molar-refractivity contribution in [2.75, 3.05) is 12.0 Å². The van der Waals surface area contributed by atoms with Gasteiger partial charge in [0.05, 0.1) is 18.7 Å². The van der Waals surface area contributed by atoms with Crippen LogP contribution in [0.2, 0.25) is 0 Å². The van der Waals surface area contributed by atoms with Crippen LogP contribution in [0.1, 0.15) is 35.2 Å². The van der Waals surface area contributed by atoms with Gasteiger partial charge in [-0.3, -0.25) is 14.5 Å². The highest BCUT2D eigenvalue weighted by molar-refractivity contribution is 6.51. The minimum atomic E-state index is -0.805. The van der Waals surface area contributed by atoms with Crippen molar-refractivity contribution in [1.29, 1.82) is 0 Å². The molecule has 0 aromatic heterocycles. The third-order valence-corrected chi connectivity index (χ3v) is 6.30. The van der Waals surface area contributed by atoms with Crippen LogP contribution in [0.3, 0.4) is 0 Å². The zero-order chi connectivity index (χ0) is 24.0. The number of anilines is 1. The van der Waals surface area contributed by atoms with E-state index in [1.54, 1.807) is 43.5 Å². The highest BCUT2D eigenvalue weighted by Gasteiger charge is 2.47. The summed E-state index contributed by atoms with van der Waals surface area (Å²) in [5.41, 5.74) is 3.70. The van der Waals surface area contributed by atoms with E-state index in [4.69, 9.17) is 9.47 Å². The van der Waals surface area contributed by atoms with Gasteiger partial charge in [0.2, 0.25) is 0 Å². The molecule has 2 heterocycles. The van der Waals surface area contributed by atoms with Crippen molar-refractivity contribution in [1.82, 2.24) is 0 Å². The molecule has 1 fully saturated rings. The zero-order valence-corrected chi connectivity index (χ0v) is 19.2. The maximum absolute atomic E-state index is 13.3. The van der Waals surface area contributed by atoms with E-state index < -0.39 is 17.7 Å². The number of methoxy groups -OCH3 is 1. The number of aryl methyl sites for hydroxylation is 1. The van der Waals surface area contributed by atoms with Crippen molar-refractivity contribution in [3.63, 3.8) is 0 Å². The number of carbonyl (C=O) groups is 2. The Hall–Kier alpha value is -4.06. The van der Waals surface area contributed by atoms with Gasteiger partial charge in [-0.2, -0.15) is 0 Å². The third kappa shape index (κ3) is 3.61. The highest BCUT2D eigenvalue weighted by Crippen LogP contribution is 2.43. The van der Waals surface area contributed by atoms with E-state index in [9.17, 15) is 14.7 Å². The number of benzene rings is 3. The molecular weight excluding hydrogens is 430 g/mol. The van der Waals surface area contributed by atoms with E-state index in [2.05, 4.69) is 0 Å². The Morgan fingerprint density at radius 1 is 1.06 bits per heavy atom. The van der Waals surface area contributed by atoms with Gasteiger partial charge in [-0.1, -0.05) is 24.3 Å². The monoisotopic (exact) mass is 455 g/mol. The Labute approximate surface area is 198 Å². The summed E-state index contributed by atoms with van der Waals surface area (Å²) < 4.78 is 11.2. The summed E-state index contributed by atoms with van der Waals surface area (Å²) in [4.78, 5) is 28.1. The summed E-state index contributed by atoms with van der Waals surface area (Å²) in [6.45, 7) is 3.91. The second-order valence-electron chi connectivity index (χ2n) is 8.74. The minimum absolute atomic E-state index is 0.0478. The van der Waals surface area contributed by atoms with Crippen molar-refractivity contribution in [3.8, 4) is 11.5 Å². The lowest BCUT2D eigenvalue weighted by Gasteiger charge is -2.26. The number of rotatable bonds is 4. The molecule has 1 amide bonds. The van der Waals surface area contributed by atoms with E-state index in [0.29, 0.717) is 29.0 Å². The van der Waals surface area contributed by atoms with Crippen LogP contribution in [0.15, 0.2) is 72.3 Å². The predicted molar refractivity (Wildman–Crippen MR) is 129 cm³/mol. The molecule has 3 aromatic carbocycles. The van der Waals surface area contributed by atoms with Crippen molar-refractivity contribution in [3.05, 3.63) is 94.6 Å². The molecule has 0 saturated carbocycles. The topological polar surface area (TPSA) is 76.1 Å². The number of ether oxygens (including phenoxy) is 2. The largest absolute Gasteiger partial charge is 0.507 e. The molecule has 3 aromatic rings. The first-order valence-electron chi connectivity index (χ1n) is 11.2. The minimum Gasteiger partial charge on any atom is -0.507 e. The molecule has 1 N–H and O–H groups in total. The van der Waals surface area contributed by atoms with Gasteiger partial charge in [-0.15, -0.1) is 0 Å². The molecule has 0 aliphatic carbocycles. The van der Waals surface area contributed by atoms with Crippen LogP contribution in [-0.2, 0) is 16.0 Å². The summed E-state index contributed by atoms with van der Waals surface area (Å²) in [5, 5.41) is 11.4. The number of ketones is 1. The number of amides is 1. The molecule has 2 atom stereocenters. The van der Waals surface area contributed by atoms with Gasteiger partial charge in [-0.25, -0.2) is 0 Å². The van der Waals surface area contributed by atoms with Crippen LogP contribution in [0.25, 0.3) is 5.76 Å². The van der Waals surface area contributed by atoms with Gasteiger partial charge < -0.3 is 14.6 Å². The van der Waals surface area contributed by atoms with Crippen molar-refractivity contribution < 1.29 is 24.2 Å². The van der Waals surface area contributed by atoms with Gasteiger partial charge >= 0.3 is 0 Å². The number of aliphatic hydroxyl groups is 1. The number of aliphatic hydroxyl groups excluding tert-OH is 1. The smallest absolute Gasteiger partial charge is 0.300 e. The number of fused-ring (bicyclic) bond motifs is 1. The second kappa shape index (κ2) is 8.37. The molecule has 6 nitrogen and oxygen atoms in total. The molecule has 2 unspecified atom stereocenters. The van der Waals surface area contributed by atoms with Gasteiger partial charge in [0.15, 0.2) is 0 Å². The fourth-order valence-electron chi connectivity index (χ4n) is 4.73. The molecule has 5 rings (SSSR count). The number of carbonyl (C=O) groups excluding carboxylic acids is 2. The Balaban J connectivity index is 1.70. The Kier molecular flexibility index (Phi) is 5.36. The predicted octanol–water partition coefficient (Wildman–Crippen LogP) is 4.95. The lowest BCUT2D eigenvalue weighted by atomic mass is 9.94. The summed E-state index contributed by atoms with van der Waals surface area (Å²) >= 11 is 0. The average Bonchev–Trinajstić information content (AvgIpc) is 3.34. The summed E-state index contributed by atoms with van der Waals surface area (Å²) in [5.74, 6) is -0.247. The van der Waals surface area contributed by atoms with Crippen LogP contribution < -0.4 is 14.4 Å². The first-order valence-corrected chi connectivity index (χ1v) is 11.2. The van der Waals surface area contributed by atoms with Gasteiger partial charge in [-0.05, 0) is 73.0 Å². The van der Waals surface area contributed by atoms with E-state index in [1.165, 1.54) is 4.90 Å². The summed E-state index contributed by atoms with van der Waals surface area (Å²) in [7, 11) is 1.56. The summed E-state index contributed by atoms with van der Waals surface area (Å²) in [6, 6.07) is 19.2. The van der Waals surface area contributed by atoms with Gasteiger partial charge in [0.1, 0.15) is 23.4 Å². The quantitative estimate of drug-likeness (QED) is 0.342. The van der Waals surface area contributed by atoms with Crippen LogP contribution in [0.5, 0.6) is 11.5 Å². The Morgan fingerprint density at radius 2 is 1.85 bits per heavy atom. The molecule has 0 radical (unpaired) electrons. The maximum Gasteiger partial charge on any atom is 0.300 e. The van der Waals surface area contributed by atoms with Crippen LogP contribution in [0.4, 0.5) is 5.69 Å². The molecule has 6 heteroatoms. The lowest BCUT2D eigenvalue weighted by Crippen LogP contribution is -2.29.